The number of amides is 1. The standard InChI is InChI=1S/C23H25N3O/c27-23(19-7-8-22-18(12-19)9-10-24-22)25-20-6-3-11-26(15-20)21-13-16-4-1-2-5-17(16)14-21/h1-2,4-5,7-10,12,20-21,24H,3,6,11,13-15H2,(H,25,27)/t20-/m0/s1. The number of rotatable bonds is 3. The molecular weight excluding hydrogens is 334 g/mol. The molecular formula is C23H25N3O. The number of aromatic amines is 1. The number of piperidine rings is 1. The average Bonchev–Trinajstić information content (AvgIpc) is 3.34. The highest BCUT2D eigenvalue weighted by Crippen LogP contribution is 2.27. The quantitative estimate of drug-likeness (QED) is 0.752. The summed E-state index contributed by atoms with van der Waals surface area (Å²) in [7, 11) is 0. The van der Waals surface area contributed by atoms with Gasteiger partial charge >= 0.3 is 0 Å². The molecule has 1 aliphatic heterocycles. The Hall–Kier alpha value is -2.59. The molecule has 1 saturated heterocycles. The van der Waals surface area contributed by atoms with Crippen molar-refractivity contribution in [2.75, 3.05) is 13.1 Å². The van der Waals surface area contributed by atoms with Gasteiger partial charge in [-0.15, -0.1) is 0 Å². The highest BCUT2D eigenvalue weighted by molar-refractivity contribution is 5.98. The van der Waals surface area contributed by atoms with Gasteiger partial charge in [0.25, 0.3) is 5.91 Å². The molecule has 3 aromatic rings. The van der Waals surface area contributed by atoms with Crippen molar-refractivity contribution in [3.8, 4) is 0 Å². The van der Waals surface area contributed by atoms with Crippen molar-refractivity contribution in [3.05, 3.63) is 71.4 Å². The SMILES string of the molecule is O=C(N[C@H]1CCCN(C2Cc3ccccc3C2)C1)c1ccc2[nH]ccc2c1. The largest absolute Gasteiger partial charge is 0.361 e. The molecule has 0 radical (unpaired) electrons. The molecule has 1 fully saturated rings. The molecule has 5 rings (SSSR count). The molecule has 1 aliphatic carbocycles. The van der Waals surface area contributed by atoms with Crippen LogP contribution in [-0.4, -0.2) is 41.0 Å². The van der Waals surface area contributed by atoms with Crippen LogP contribution in [0.25, 0.3) is 10.9 Å². The van der Waals surface area contributed by atoms with Crippen LogP contribution in [0, 0.1) is 0 Å². The zero-order chi connectivity index (χ0) is 18.2. The first-order valence-corrected chi connectivity index (χ1v) is 9.95. The molecule has 4 heteroatoms. The zero-order valence-electron chi connectivity index (χ0n) is 15.4. The molecule has 1 atom stereocenters. The lowest BCUT2D eigenvalue weighted by molar-refractivity contribution is 0.0876. The fraction of sp³-hybridized carbons (Fsp3) is 0.348. The predicted molar refractivity (Wildman–Crippen MR) is 108 cm³/mol. The molecule has 0 saturated carbocycles. The van der Waals surface area contributed by atoms with Gasteiger partial charge in [0.2, 0.25) is 0 Å². The first kappa shape index (κ1) is 16.6. The molecule has 2 aromatic carbocycles. The summed E-state index contributed by atoms with van der Waals surface area (Å²) in [5, 5.41) is 4.36. The minimum atomic E-state index is 0.0414. The van der Waals surface area contributed by atoms with Crippen LogP contribution >= 0.6 is 0 Å². The Labute approximate surface area is 159 Å². The number of carbonyl (C=O) groups excluding carboxylic acids is 1. The van der Waals surface area contributed by atoms with Crippen molar-refractivity contribution in [2.24, 2.45) is 0 Å². The predicted octanol–water partition coefficient (Wildman–Crippen LogP) is 3.53. The van der Waals surface area contributed by atoms with E-state index in [9.17, 15) is 4.79 Å². The summed E-state index contributed by atoms with van der Waals surface area (Å²) in [4.78, 5) is 18.5. The number of aromatic nitrogens is 1. The maximum atomic E-state index is 12.7. The van der Waals surface area contributed by atoms with Gasteiger partial charge in [-0.25, -0.2) is 0 Å². The summed E-state index contributed by atoms with van der Waals surface area (Å²) < 4.78 is 0. The number of H-pyrrole nitrogens is 1. The molecule has 2 N–H and O–H groups in total. The van der Waals surface area contributed by atoms with Gasteiger partial charge in [-0.3, -0.25) is 9.69 Å². The van der Waals surface area contributed by atoms with E-state index < -0.39 is 0 Å². The van der Waals surface area contributed by atoms with Gasteiger partial charge in [-0.2, -0.15) is 0 Å². The van der Waals surface area contributed by atoms with E-state index in [4.69, 9.17) is 0 Å². The maximum absolute atomic E-state index is 12.7. The molecule has 138 valence electrons. The van der Waals surface area contributed by atoms with Crippen LogP contribution in [0.15, 0.2) is 54.7 Å². The highest BCUT2D eigenvalue weighted by Gasteiger charge is 2.30. The van der Waals surface area contributed by atoms with Crippen LogP contribution in [0.3, 0.4) is 0 Å². The van der Waals surface area contributed by atoms with E-state index in [0.717, 1.165) is 55.2 Å². The number of benzene rings is 2. The second-order valence-corrected chi connectivity index (χ2v) is 7.92. The van der Waals surface area contributed by atoms with Gasteiger partial charge < -0.3 is 10.3 Å². The fourth-order valence-electron chi connectivity index (χ4n) is 4.71. The smallest absolute Gasteiger partial charge is 0.251 e. The third kappa shape index (κ3) is 3.26. The molecule has 0 bridgehead atoms. The summed E-state index contributed by atoms with van der Waals surface area (Å²) >= 11 is 0. The molecule has 2 heterocycles. The Balaban J connectivity index is 1.24. The normalized spacial score (nSPS) is 20.7. The molecule has 27 heavy (non-hydrogen) atoms. The Morgan fingerprint density at radius 3 is 2.70 bits per heavy atom. The second-order valence-electron chi connectivity index (χ2n) is 7.92. The van der Waals surface area contributed by atoms with E-state index in [1.165, 1.54) is 11.1 Å². The lowest BCUT2D eigenvalue weighted by atomic mass is 10.0. The van der Waals surface area contributed by atoms with E-state index >= 15 is 0 Å². The van der Waals surface area contributed by atoms with E-state index in [2.05, 4.69) is 39.5 Å². The lowest BCUT2D eigenvalue weighted by Gasteiger charge is -2.37. The van der Waals surface area contributed by atoms with Crippen molar-refractivity contribution >= 4 is 16.8 Å². The zero-order valence-corrected chi connectivity index (χ0v) is 15.4. The fourth-order valence-corrected chi connectivity index (χ4v) is 4.71. The molecule has 1 aromatic heterocycles. The van der Waals surface area contributed by atoms with Crippen molar-refractivity contribution in [1.82, 2.24) is 15.2 Å². The van der Waals surface area contributed by atoms with Crippen molar-refractivity contribution in [3.63, 3.8) is 0 Å². The van der Waals surface area contributed by atoms with E-state index in [-0.39, 0.29) is 11.9 Å². The third-order valence-electron chi connectivity index (χ3n) is 6.15. The Morgan fingerprint density at radius 2 is 1.89 bits per heavy atom. The van der Waals surface area contributed by atoms with Crippen molar-refractivity contribution < 1.29 is 4.79 Å². The van der Waals surface area contributed by atoms with Crippen LogP contribution in [0.5, 0.6) is 0 Å². The summed E-state index contributed by atoms with van der Waals surface area (Å²) in [6.07, 6.45) is 6.40. The van der Waals surface area contributed by atoms with Crippen LogP contribution < -0.4 is 5.32 Å². The molecule has 0 spiro atoms. The van der Waals surface area contributed by atoms with E-state index in [1.807, 2.05) is 30.5 Å². The lowest BCUT2D eigenvalue weighted by Crippen LogP contribution is -2.51. The molecule has 0 unspecified atom stereocenters. The molecule has 1 amide bonds. The molecule has 4 nitrogen and oxygen atoms in total. The minimum Gasteiger partial charge on any atom is -0.361 e. The van der Waals surface area contributed by atoms with Crippen LogP contribution in [0.1, 0.15) is 34.3 Å². The van der Waals surface area contributed by atoms with Crippen LogP contribution in [0.2, 0.25) is 0 Å². The monoisotopic (exact) mass is 359 g/mol. The summed E-state index contributed by atoms with van der Waals surface area (Å²) in [5.74, 6) is 0.0414. The number of likely N-dealkylation sites (tertiary alicyclic amines) is 1. The van der Waals surface area contributed by atoms with Gasteiger partial charge in [0.15, 0.2) is 0 Å². The van der Waals surface area contributed by atoms with Crippen molar-refractivity contribution in [1.29, 1.82) is 0 Å². The Morgan fingerprint density at radius 1 is 1.07 bits per heavy atom. The second kappa shape index (κ2) is 6.86. The highest BCUT2D eigenvalue weighted by atomic mass is 16.1. The summed E-state index contributed by atoms with van der Waals surface area (Å²) in [5.41, 5.74) is 4.80. The number of nitrogens with one attached hydrogen (secondary N) is 2. The maximum Gasteiger partial charge on any atom is 0.251 e. The van der Waals surface area contributed by atoms with Gasteiger partial charge in [-0.1, -0.05) is 24.3 Å². The van der Waals surface area contributed by atoms with Crippen LogP contribution in [-0.2, 0) is 12.8 Å². The first-order chi connectivity index (χ1) is 13.3. The van der Waals surface area contributed by atoms with E-state index in [0.29, 0.717) is 6.04 Å². The average molecular weight is 359 g/mol. The minimum absolute atomic E-state index is 0.0414. The number of nitrogens with zero attached hydrogens (tertiary/aromatic N) is 1. The number of fused-ring (bicyclic) bond motifs is 2. The third-order valence-corrected chi connectivity index (χ3v) is 6.15. The van der Waals surface area contributed by atoms with Crippen LogP contribution in [0.4, 0.5) is 0 Å². The number of carbonyl (C=O) groups is 1. The van der Waals surface area contributed by atoms with Gasteiger partial charge in [-0.05, 0) is 67.6 Å². The summed E-state index contributed by atoms with van der Waals surface area (Å²) in [6, 6.07) is 17.5. The molecule has 2 aliphatic rings. The van der Waals surface area contributed by atoms with E-state index in [1.54, 1.807) is 0 Å². The topological polar surface area (TPSA) is 48.1 Å². The number of hydrogen-bond acceptors (Lipinski definition) is 2. The number of hydrogen-bond donors (Lipinski definition) is 2. The first-order valence-electron chi connectivity index (χ1n) is 9.95. The Bertz CT molecular complexity index is 951. The summed E-state index contributed by atoms with van der Waals surface area (Å²) in [6.45, 7) is 2.09. The van der Waals surface area contributed by atoms with Gasteiger partial charge in [0.1, 0.15) is 0 Å². The van der Waals surface area contributed by atoms with Gasteiger partial charge in [0, 0.05) is 41.3 Å². The Kier molecular flexibility index (Phi) is 4.21. The van der Waals surface area contributed by atoms with Crippen molar-refractivity contribution in [2.45, 2.75) is 37.8 Å². The van der Waals surface area contributed by atoms with Gasteiger partial charge in [0.05, 0.1) is 0 Å².